The average molecular weight is 444 g/mol. The van der Waals surface area contributed by atoms with Crippen molar-refractivity contribution in [1.82, 2.24) is 15.1 Å². The molecule has 0 saturated carbocycles. The molecule has 0 radical (unpaired) electrons. The molecule has 1 aromatic heterocycles. The molecule has 1 aliphatic heterocycles. The summed E-state index contributed by atoms with van der Waals surface area (Å²) in [5.41, 5.74) is 3.16. The van der Waals surface area contributed by atoms with Crippen LogP contribution in [0.25, 0.3) is 0 Å². The fraction of sp³-hybridized carbons (Fsp3) is 0.542. The molecule has 2 aromatic rings. The van der Waals surface area contributed by atoms with Gasteiger partial charge in [0.1, 0.15) is 11.4 Å². The Kier molecular flexibility index (Phi) is 9.10. The number of carbonyl (C=O) groups is 2. The van der Waals surface area contributed by atoms with E-state index in [1.165, 1.54) is 0 Å². The van der Waals surface area contributed by atoms with Crippen molar-refractivity contribution in [1.29, 1.82) is 0 Å². The van der Waals surface area contributed by atoms with Crippen molar-refractivity contribution in [2.24, 2.45) is 0 Å². The van der Waals surface area contributed by atoms with E-state index in [0.29, 0.717) is 49.9 Å². The minimum Gasteiger partial charge on any atom is -0.497 e. The quantitative estimate of drug-likeness (QED) is 0.498. The van der Waals surface area contributed by atoms with Gasteiger partial charge in [-0.05, 0) is 69.7 Å². The maximum Gasteiger partial charge on any atom is 0.338 e. The number of ether oxygens (including phenoxy) is 3. The number of esters is 1. The Balaban J connectivity index is 1.56. The van der Waals surface area contributed by atoms with Crippen molar-refractivity contribution >= 4 is 11.9 Å². The van der Waals surface area contributed by atoms with Crippen molar-refractivity contribution in [2.75, 3.05) is 33.5 Å². The average Bonchev–Trinajstić information content (AvgIpc) is 3.15. The number of fused-ring (bicyclic) bond motifs is 1. The molecule has 1 N–H and O–H groups in total. The van der Waals surface area contributed by atoms with Gasteiger partial charge in [0, 0.05) is 31.9 Å². The van der Waals surface area contributed by atoms with Crippen LogP contribution in [0.15, 0.2) is 24.3 Å². The van der Waals surface area contributed by atoms with Crippen LogP contribution in [0.1, 0.15) is 64.7 Å². The number of unbranched alkanes of at least 4 members (excludes halogenated alkanes) is 1. The molecule has 1 amide bonds. The Morgan fingerprint density at radius 1 is 1.19 bits per heavy atom. The largest absolute Gasteiger partial charge is 0.497 e. The smallest absolute Gasteiger partial charge is 0.338 e. The Hall–Kier alpha value is -2.87. The minimum absolute atomic E-state index is 0.0593. The van der Waals surface area contributed by atoms with Gasteiger partial charge in [-0.2, -0.15) is 5.10 Å². The third-order valence-electron chi connectivity index (χ3n) is 5.48. The van der Waals surface area contributed by atoms with Crippen molar-refractivity contribution in [3.8, 4) is 5.75 Å². The SMILES string of the molecule is CCn1nc(CCCCOC(=O)c2ccc(OC)cc2)c2c1C(=O)NCCCOCCC2. The van der Waals surface area contributed by atoms with Gasteiger partial charge in [0.25, 0.3) is 5.91 Å². The topological polar surface area (TPSA) is 91.7 Å². The molecule has 8 nitrogen and oxygen atoms in total. The molecule has 32 heavy (non-hydrogen) atoms. The number of hydrogen-bond donors (Lipinski definition) is 1. The van der Waals surface area contributed by atoms with E-state index < -0.39 is 0 Å². The zero-order chi connectivity index (χ0) is 22.8. The third-order valence-corrected chi connectivity index (χ3v) is 5.48. The second-order valence-electron chi connectivity index (χ2n) is 7.74. The van der Waals surface area contributed by atoms with E-state index >= 15 is 0 Å². The Labute approximate surface area is 189 Å². The van der Waals surface area contributed by atoms with Crippen LogP contribution in [0, 0.1) is 0 Å². The van der Waals surface area contributed by atoms with Crippen molar-refractivity contribution in [3.63, 3.8) is 0 Å². The highest BCUT2D eigenvalue weighted by Crippen LogP contribution is 2.20. The monoisotopic (exact) mass is 443 g/mol. The number of amides is 1. The Morgan fingerprint density at radius 2 is 1.97 bits per heavy atom. The molecule has 2 heterocycles. The fourth-order valence-electron chi connectivity index (χ4n) is 3.78. The van der Waals surface area contributed by atoms with Gasteiger partial charge in [0.2, 0.25) is 0 Å². The molecular formula is C24H33N3O5. The zero-order valence-electron chi connectivity index (χ0n) is 19.0. The molecule has 0 aliphatic carbocycles. The number of nitrogens with one attached hydrogen (secondary N) is 1. The van der Waals surface area contributed by atoms with Gasteiger partial charge >= 0.3 is 5.97 Å². The molecule has 3 rings (SSSR count). The molecular weight excluding hydrogens is 410 g/mol. The highest BCUT2D eigenvalue weighted by Gasteiger charge is 2.22. The van der Waals surface area contributed by atoms with Gasteiger partial charge < -0.3 is 19.5 Å². The number of carbonyl (C=O) groups excluding carboxylic acids is 2. The van der Waals surface area contributed by atoms with Crippen LogP contribution in [0.5, 0.6) is 5.75 Å². The lowest BCUT2D eigenvalue weighted by atomic mass is 10.0. The van der Waals surface area contributed by atoms with Gasteiger partial charge in [-0.25, -0.2) is 4.79 Å². The molecule has 174 valence electrons. The summed E-state index contributed by atoms with van der Waals surface area (Å²) in [7, 11) is 1.59. The summed E-state index contributed by atoms with van der Waals surface area (Å²) < 4.78 is 17.9. The first-order valence-electron chi connectivity index (χ1n) is 11.4. The van der Waals surface area contributed by atoms with E-state index in [1.807, 2.05) is 11.6 Å². The summed E-state index contributed by atoms with van der Waals surface area (Å²) in [6.45, 7) is 4.94. The second-order valence-corrected chi connectivity index (χ2v) is 7.74. The number of benzene rings is 1. The van der Waals surface area contributed by atoms with Crippen LogP contribution in [0.2, 0.25) is 0 Å². The van der Waals surface area contributed by atoms with E-state index in [9.17, 15) is 9.59 Å². The van der Waals surface area contributed by atoms with Gasteiger partial charge in [-0.3, -0.25) is 9.48 Å². The predicted octanol–water partition coefficient (Wildman–Crippen LogP) is 3.17. The summed E-state index contributed by atoms with van der Waals surface area (Å²) >= 11 is 0. The summed E-state index contributed by atoms with van der Waals surface area (Å²) in [4.78, 5) is 24.9. The predicted molar refractivity (Wildman–Crippen MR) is 120 cm³/mol. The first-order valence-corrected chi connectivity index (χ1v) is 11.4. The van der Waals surface area contributed by atoms with Crippen LogP contribution in [0.4, 0.5) is 0 Å². The van der Waals surface area contributed by atoms with Crippen LogP contribution in [0.3, 0.4) is 0 Å². The fourth-order valence-corrected chi connectivity index (χ4v) is 3.78. The van der Waals surface area contributed by atoms with Crippen LogP contribution in [-0.4, -0.2) is 55.1 Å². The maximum atomic E-state index is 12.8. The lowest BCUT2D eigenvalue weighted by Crippen LogP contribution is -2.28. The van der Waals surface area contributed by atoms with Gasteiger partial charge in [0.05, 0.1) is 25.0 Å². The van der Waals surface area contributed by atoms with Gasteiger partial charge in [-0.15, -0.1) is 0 Å². The Bertz CT molecular complexity index is 892. The first kappa shape index (κ1) is 23.8. The molecule has 0 saturated heterocycles. The van der Waals surface area contributed by atoms with E-state index in [0.717, 1.165) is 49.8 Å². The van der Waals surface area contributed by atoms with Gasteiger partial charge in [0.15, 0.2) is 0 Å². The molecule has 0 atom stereocenters. The summed E-state index contributed by atoms with van der Waals surface area (Å²) in [5.74, 6) is 0.300. The summed E-state index contributed by atoms with van der Waals surface area (Å²) in [6, 6.07) is 6.86. The molecule has 1 aliphatic rings. The standard InChI is InChI=1S/C24H33N3O5/c1-3-27-22-20(8-6-15-31-16-7-14-25-23(22)28)21(26-27)9-4-5-17-32-24(29)18-10-12-19(30-2)13-11-18/h10-13H,3-9,14-17H2,1-2H3,(H,25,28). The van der Waals surface area contributed by atoms with Crippen LogP contribution < -0.4 is 10.1 Å². The van der Waals surface area contributed by atoms with E-state index in [1.54, 1.807) is 31.4 Å². The van der Waals surface area contributed by atoms with Crippen molar-refractivity contribution in [3.05, 3.63) is 46.8 Å². The zero-order valence-corrected chi connectivity index (χ0v) is 19.0. The molecule has 8 heteroatoms. The van der Waals surface area contributed by atoms with Crippen molar-refractivity contribution in [2.45, 2.75) is 52.0 Å². The molecule has 0 unspecified atom stereocenters. The van der Waals surface area contributed by atoms with E-state index in [2.05, 4.69) is 5.32 Å². The molecule has 0 fully saturated rings. The number of aryl methyl sites for hydroxylation is 2. The van der Waals surface area contributed by atoms with Crippen LogP contribution >= 0.6 is 0 Å². The van der Waals surface area contributed by atoms with Gasteiger partial charge in [-0.1, -0.05) is 0 Å². The second kappa shape index (κ2) is 12.2. The molecule has 0 bridgehead atoms. The number of rotatable bonds is 8. The maximum absolute atomic E-state index is 12.8. The number of aromatic nitrogens is 2. The summed E-state index contributed by atoms with van der Waals surface area (Å²) in [5, 5.41) is 7.71. The van der Waals surface area contributed by atoms with Crippen LogP contribution in [-0.2, 0) is 28.9 Å². The Morgan fingerprint density at radius 3 is 2.72 bits per heavy atom. The highest BCUT2D eigenvalue weighted by molar-refractivity contribution is 5.94. The lowest BCUT2D eigenvalue weighted by molar-refractivity contribution is 0.0498. The first-order chi connectivity index (χ1) is 15.6. The normalized spacial score (nSPS) is 14.8. The van der Waals surface area contributed by atoms with Crippen molar-refractivity contribution < 1.29 is 23.8 Å². The highest BCUT2D eigenvalue weighted by atomic mass is 16.5. The van der Waals surface area contributed by atoms with E-state index in [4.69, 9.17) is 19.3 Å². The molecule has 1 aromatic carbocycles. The number of methoxy groups -OCH3 is 1. The minimum atomic E-state index is -0.340. The summed E-state index contributed by atoms with van der Waals surface area (Å²) in [6.07, 6.45) is 4.73. The number of nitrogens with zero attached hydrogens (tertiary/aromatic N) is 2. The van der Waals surface area contributed by atoms with E-state index in [-0.39, 0.29) is 11.9 Å². The number of hydrogen-bond acceptors (Lipinski definition) is 6. The third kappa shape index (κ3) is 6.32. The molecule has 0 spiro atoms. The lowest BCUT2D eigenvalue weighted by Gasteiger charge is -2.08.